The van der Waals surface area contributed by atoms with E-state index in [1.165, 1.54) is 7.11 Å². The minimum atomic E-state index is -5.32. The average Bonchev–Trinajstić information content (AvgIpc) is 3.36. The normalized spacial score (nSPS) is 47.3. The molecule has 17 nitrogen and oxygen atoms in total. The van der Waals surface area contributed by atoms with E-state index in [9.17, 15) is 53.8 Å². The Bertz CT molecular complexity index is 1560. The zero-order chi connectivity index (χ0) is 42.7. The fourth-order valence-electron chi connectivity index (χ4n) is 12.3. The quantitative estimate of drug-likeness (QED) is 0.0376. The van der Waals surface area contributed by atoms with Crippen molar-refractivity contribution in [1.82, 2.24) is 0 Å². The molecule has 2 aliphatic heterocycles. The van der Waals surface area contributed by atoms with Crippen molar-refractivity contribution in [2.75, 3.05) is 26.9 Å². The van der Waals surface area contributed by atoms with Gasteiger partial charge >= 0.3 is 29.6 Å². The molecule has 0 spiro atoms. The van der Waals surface area contributed by atoms with Gasteiger partial charge in [0.2, 0.25) is 10.4 Å². The molecule has 336 valence electrons. The van der Waals surface area contributed by atoms with Crippen LogP contribution in [0.15, 0.2) is 11.6 Å². The summed E-state index contributed by atoms with van der Waals surface area (Å²) in [5, 5.41) is 87.5. The number of aliphatic hydroxyl groups excluding tert-OH is 7. The van der Waals surface area contributed by atoms with Crippen LogP contribution in [0.2, 0.25) is 0 Å². The molecule has 0 bridgehead atoms. The summed E-state index contributed by atoms with van der Waals surface area (Å²) in [5.41, 5.74) is -2.72. The molecule has 0 amide bonds. The summed E-state index contributed by atoms with van der Waals surface area (Å²) in [6, 6.07) is 0. The molecule has 10 unspecified atom stereocenters. The summed E-state index contributed by atoms with van der Waals surface area (Å²) in [5.74, 6) is -1.93. The third-order valence-electron chi connectivity index (χ3n) is 15.3. The molecule has 20 atom stereocenters. The molecule has 2 saturated heterocycles. The molecule has 3 saturated carbocycles. The summed E-state index contributed by atoms with van der Waals surface area (Å²) in [6.07, 6.45) is -8.56. The van der Waals surface area contributed by atoms with Gasteiger partial charge in [-0.2, -0.15) is 0 Å². The van der Waals surface area contributed by atoms with Gasteiger partial charge in [-0.1, -0.05) is 47.1 Å². The van der Waals surface area contributed by atoms with Crippen molar-refractivity contribution < 1.29 is 111 Å². The van der Waals surface area contributed by atoms with E-state index in [1.807, 2.05) is 26.8 Å². The molecule has 6 aliphatic rings. The smallest absolute Gasteiger partial charge is 0.726 e. The van der Waals surface area contributed by atoms with E-state index in [4.69, 9.17) is 27.9 Å². The van der Waals surface area contributed by atoms with Gasteiger partial charge < -0.3 is 69.1 Å². The van der Waals surface area contributed by atoms with Gasteiger partial charge in [0.1, 0.15) is 42.7 Å². The second kappa shape index (κ2) is 19.3. The van der Waals surface area contributed by atoms with Gasteiger partial charge in [0, 0.05) is 19.4 Å². The first kappa shape index (κ1) is 50.1. The summed E-state index contributed by atoms with van der Waals surface area (Å²) in [7, 11) is -3.94. The third kappa shape index (κ3) is 9.72. The Balaban J connectivity index is 0.00000661. The minimum Gasteiger partial charge on any atom is -0.726 e. The molecule has 8 N–H and O–H groups in total. The second-order valence-corrected chi connectivity index (χ2v) is 20.0. The Kier molecular flexibility index (Phi) is 16.4. The van der Waals surface area contributed by atoms with E-state index >= 15 is 0 Å². The maximum Gasteiger partial charge on any atom is 1.00 e. The number of fused-ring (bicyclic) bond motifs is 5. The van der Waals surface area contributed by atoms with Crippen LogP contribution >= 0.6 is 0 Å². The molecule has 19 heteroatoms. The van der Waals surface area contributed by atoms with Crippen LogP contribution in [-0.2, 0) is 38.3 Å². The summed E-state index contributed by atoms with van der Waals surface area (Å²) in [6.45, 7) is 9.95. The third-order valence-corrected chi connectivity index (χ3v) is 15.7. The molecule has 0 aromatic carbocycles. The van der Waals surface area contributed by atoms with Crippen LogP contribution in [0.3, 0.4) is 0 Å². The molecule has 5 fully saturated rings. The van der Waals surface area contributed by atoms with Crippen LogP contribution in [0.25, 0.3) is 0 Å². The SMILES string of the molecule is COC1C(O[C@@H]2C=C3[C@H](O)C[C@]4(O)C(CC[C@@]5(C)C4[C@@H](OS(=O)(=O)[O-])[C@H](O)[C@@H]5[C@H](C)CC[C@H](CCOC4OCC(O)C(O)C4O)C(C)C)[C@@]3(C)CC2)OCC(O)C1O.[Na+]. The predicted octanol–water partition coefficient (Wildman–Crippen LogP) is -2.91. The number of methoxy groups -OCH3 is 1. The Labute approximate surface area is 370 Å². The predicted molar refractivity (Wildman–Crippen MR) is 202 cm³/mol. The van der Waals surface area contributed by atoms with E-state index in [0.29, 0.717) is 50.5 Å². The molecular formula is C40H67NaO17S. The number of hydrogen-bond donors (Lipinski definition) is 8. The van der Waals surface area contributed by atoms with Crippen molar-refractivity contribution in [3.05, 3.63) is 11.6 Å². The molecule has 59 heavy (non-hydrogen) atoms. The van der Waals surface area contributed by atoms with Gasteiger partial charge in [-0.05, 0) is 84.5 Å². The van der Waals surface area contributed by atoms with Crippen LogP contribution in [0, 0.1) is 46.3 Å². The molecule has 0 aromatic heterocycles. The first-order chi connectivity index (χ1) is 27.1. The van der Waals surface area contributed by atoms with Gasteiger partial charge in [0.05, 0.1) is 43.7 Å². The summed E-state index contributed by atoms with van der Waals surface area (Å²) >= 11 is 0. The second-order valence-electron chi connectivity index (χ2n) is 19.0. The number of aliphatic hydroxyl groups is 8. The maximum atomic E-state index is 13.0. The first-order valence-electron chi connectivity index (χ1n) is 21.0. The van der Waals surface area contributed by atoms with Crippen LogP contribution in [0.4, 0.5) is 0 Å². The maximum absolute atomic E-state index is 13.0. The Morgan fingerprint density at radius 1 is 0.864 bits per heavy atom. The zero-order valence-corrected chi connectivity index (χ0v) is 38.2. The van der Waals surface area contributed by atoms with E-state index in [0.717, 1.165) is 0 Å². The monoisotopic (exact) mass is 874 g/mol. The van der Waals surface area contributed by atoms with Crippen molar-refractivity contribution in [2.45, 2.75) is 165 Å². The fraction of sp³-hybridized carbons (Fsp3) is 0.950. The number of ether oxygens (including phenoxy) is 5. The standard InChI is InChI=1S/C40H68O17S.Na/c1-19(2)21(11-14-53-36-32(47)29(44)25(42)17-54-36)8-7-20(3)28-31(46)33(57-58(49,50)51)35-39(28,5)13-10-27-38(4)12-9-22(15-23(38)24(41)16-40(27,35)48)56-37-34(52-6)30(45)26(43)18-55-37;/h15,19-22,24-37,41-48H,7-14,16-18H2,1-6H3,(H,49,50,51);/q;+1/p-1/t20-,21-,22+,24-,25?,26?,27?,28+,29?,30?,31-,32?,33+,34?,35?,36?,37?,38+,39-,40+;/m1./s1. The van der Waals surface area contributed by atoms with Gasteiger partial charge in [0.15, 0.2) is 12.6 Å². The van der Waals surface area contributed by atoms with Crippen LogP contribution in [0.1, 0.15) is 86.0 Å². The van der Waals surface area contributed by atoms with Crippen molar-refractivity contribution in [3.63, 3.8) is 0 Å². The van der Waals surface area contributed by atoms with Gasteiger partial charge in [0.25, 0.3) is 0 Å². The topological polar surface area (TPSA) is 274 Å². The average molecular weight is 875 g/mol. The molecule has 0 radical (unpaired) electrons. The van der Waals surface area contributed by atoms with Crippen molar-refractivity contribution in [3.8, 4) is 0 Å². The van der Waals surface area contributed by atoms with Crippen molar-refractivity contribution >= 4 is 10.4 Å². The molecular weight excluding hydrogens is 807 g/mol. The Hall–Kier alpha value is 0.0900. The van der Waals surface area contributed by atoms with E-state index in [-0.39, 0.29) is 73.6 Å². The Morgan fingerprint density at radius 2 is 1.51 bits per heavy atom. The van der Waals surface area contributed by atoms with Crippen molar-refractivity contribution in [2.24, 2.45) is 46.3 Å². The summed E-state index contributed by atoms with van der Waals surface area (Å²) < 4.78 is 70.5. The van der Waals surface area contributed by atoms with Crippen molar-refractivity contribution in [1.29, 1.82) is 0 Å². The van der Waals surface area contributed by atoms with Crippen LogP contribution < -0.4 is 29.6 Å². The van der Waals surface area contributed by atoms with E-state index in [1.54, 1.807) is 0 Å². The van der Waals surface area contributed by atoms with Gasteiger partial charge in [-0.15, -0.1) is 0 Å². The number of hydrogen-bond acceptors (Lipinski definition) is 17. The van der Waals surface area contributed by atoms with Gasteiger partial charge in [-0.3, -0.25) is 4.18 Å². The molecule has 4 aliphatic carbocycles. The van der Waals surface area contributed by atoms with E-state index in [2.05, 4.69) is 13.8 Å². The first-order valence-corrected chi connectivity index (χ1v) is 22.3. The number of rotatable bonds is 14. The Morgan fingerprint density at radius 3 is 2.14 bits per heavy atom. The molecule has 6 rings (SSSR count). The van der Waals surface area contributed by atoms with Crippen LogP contribution in [0.5, 0.6) is 0 Å². The minimum absolute atomic E-state index is 0. The summed E-state index contributed by atoms with van der Waals surface area (Å²) in [4.78, 5) is 0. The largest absolute Gasteiger partial charge is 1.00 e. The fourth-order valence-corrected chi connectivity index (χ4v) is 12.8. The zero-order valence-electron chi connectivity index (χ0n) is 35.4. The van der Waals surface area contributed by atoms with E-state index < -0.39 is 118 Å². The van der Waals surface area contributed by atoms with Crippen LogP contribution in [-0.4, -0.2) is 160 Å². The van der Waals surface area contributed by atoms with Gasteiger partial charge in [-0.25, -0.2) is 8.42 Å². The molecule has 0 aromatic rings. The molecule has 2 heterocycles.